The van der Waals surface area contributed by atoms with Gasteiger partial charge in [-0.05, 0) is 6.07 Å². The zero-order valence-corrected chi connectivity index (χ0v) is 10.1. The van der Waals surface area contributed by atoms with Crippen LogP contribution in [0.2, 0.25) is 0 Å². The van der Waals surface area contributed by atoms with Crippen LogP contribution >= 0.6 is 0 Å². The largest absolute Gasteiger partial charge is 0.476 e. The maximum absolute atomic E-state index is 13.0. The summed E-state index contributed by atoms with van der Waals surface area (Å²) in [4.78, 5) is 14.5. The van der Waals surface area contributed by atoms with Gasteiger partial charge in [-0.25, -0.2) is 9.78 Å². The van der Waals surface area contributed by atoms with Crippen LogP contribution in [-0.4, -0.2) is 25.8 Å². The predicted octanol–water partition coefficient (Wildman–Crippen LogP) is 1.78. The van der Waals surface area contributed by atoms with E-state index in [9.17, 15) is 18.0 Å². The number of hydrogen-bond acceptors (Lipinski definition) is 4. The van der Waals surface area contributed by atoms with Crippen LogP contribution in [0.5, 0.6) is 0 Å². The van der Waals surface area contributed by atoms with Crippen molar-refractivity contribution in [2.45, 2.75) is 6.18 Å². The lowest BCUT2D eigenvalue weighted by Gasteiger charge is -2.13. The van der Waals surface area contributed by atoms with Gasteiger partial charge in [0.15, 0.2) is 5.69 Å². The minimum Gasteiger partial charge on any atom is -0.476 e. The second-order valence-electron chi connectivity index (χ2n) is 4.03. The molecule has 2 aromatic rings. The minimum atomic E-state index is -4.71. The number of carbonyl (C=O) groups is 1. The molecular weight excluding hydrogens is 277 g/mol. The van der Waals surface area contributed by atoms with Gasteiger partial charge in [-0.15, -0.1) is 0 Å². The van der Waals surface area contributed by atoms with Crippen molar-refractivity contribution in [3.8, 4) is 11.3 Å². The maximum Gasteiger partial charge on any atom is 0.418 e. The molecule has 0 amide bonds. The number of nitrogens with two attached hydrogens (primary N) is 1. The minimum absolute atomic E-state index is 0.0577. The molecule has 0 atom stereocenters. The Morgan fingerprint density at radius 1 is 1.45 bits per heavy atom. The van der Waals surface area contributed by atoms with Gasteiger partial charge in [-0.1, -0.05) is 0 Å². The number of aromatic nitrogens is 3. The summed E-state index contributed by atoms with van der Waals surface area (Å²) in [6.07, 6.45) is -2.23. The number of carboxylic acid groups (broad SMARTS) is 1. The first-order valence-electron chi connectivity index (χ1n) is 5.30. The normalized spacial score (nSPS) is 11.6. The van der Waals surface area contributed by atoms with Crippen LogP contribution in [0.25, 0.3) is 11.3 Å². The summed E-state index contributed by atoms with van der Waals surface area (Å²) >= 11 is 0. The lowest BCUT2D eigenvalue weighted by atomic mass is 10.1. The third-order valence-electron chi connectivity index (χ3n) is 2.54. The van der Waals surface area contributed by atoms with Gasteiger partial charge >= 0.3 is 12.1 Å². The molecule has 0 spiro atoms. The predicted molar refractivity (Wildman–Crippen MR) is 62.8 cm³/mol. The van der Waals surface area contributed by atoms with Crippen molar-refractivity contribution >= 4 is 11.7 Å². The lowest BCUT2D eigenvalue weighted by molar-refractivity contribution is -0.137. The smallest absolute Gasteiger partial charge is 0.418 e. The Kier molecular flexibility index (Phi) is 3.12. The van der Waals surface area contributed by atoms with Crippen LogP contribution in [0, 0.1) is 0 Å². The summed E-state index contributed by atoms with van der Waals surface area (Å²) in [6, 6.07) is 0.568. The van der Waals surface area contributed by atoms with Gasteiger partial charge in [0.2, 0.25) is 0 Å². The van der Waals surface area contributed by atoms with E-state index < -0.39 is 34.8 Å². The molecule has 0 aliphatic rings. The van der Waals surface area contributed by atoms with Gasteiger partial charge < -0.3 is 10.8 Å². The van der Waals surface area contributed by atoms with E-state index in [4.69, 9.17) is 10.8 Å². The number of pyridine rings is 1. The average molecular weight is 286 g/mol. The quantitative estimate of drug-likeness (QED) is 0.877. The Morgan fingerprint density at radius 3 is 2.55 bits per heavy atom. The summed E-state index contributed by atoms with van der Waals surface area (Å²) in [5, 5.41) is 12.6. The number of aromatic carboxylic acids is 1. The number of aryl methyl sites for hydroxylation is 1. The highest BCUT2D eigenvalue weighted by atomic mass is 19.4. The Bertz CT molecular complexity index is 679. The Balaban J connectivity index is 2.75. The van der Waals surface area contributed by atoms with Gasteiger partial charge in [0.25, 0.3) is 0 Å². The SMILES string of the molecule is Cn1cc(-c2nc(C(=O)O)c(N)cc2C(F)(F)F)cn1. The molecule has 2 heterocycles. The number of halogens is 3. The molecule has 3 N–H and O–H groups in total. The molecule has 0 saturated heterocycles. The van der Waals surface area contributed by atoms with E-state index in [1.54, 1.807) is 0 Å². The molecule has 0 fully saturated rings. The number of alkyl halides is 3. The molecule has 106 valence electrons. The first-order valence-corrected chi connectivity index (χ1v) is 5.30. The van der Waals surface area contributed by atoms with Crippen molar-refractivity contribution in [2.75, 3.05) is 5.73 Å². The van der Waals surface area contributed by atoms with Gasteiger partial charge in [0.05, 0.1) is 23.1 Å². The first kappa shape index (κ1) is 13.8. The van der Waals surface area contributed by atoms with Crippen LogP contribution in [0.15, 0.2) is 18.5 Å². The summed E-state index contributed by atoms with van der Waals surface area (Å²) in [5.41, 5.74) is 2.57. The van der Waals surface area contributed by atoms with Crippen LogP contribution < -0.4 is 5.73 Å². The number of nitrogens with zero attached hydrogens (tertiary/aromatic N) is 3. The molecule has 20 heavy (non-hydrogen) atoms. The zero-order chi connectivity index (χ0) is 15.1. The van der Waals surface area contributed by atoms with E-state index in [1.807, 2.05) is 0 Å². The van der Waals surface area contributed by atoms with Crippen molar-refractivity contribution in [1.82, 2.24) is 14.8 Å². The van der Waals surface area contributed by atoms with Gasteiger partial charge in [-0.2, -0.15) is 18.3 Å². The second kappa shape index (κ2) is 4.51. The van der Waals surface area contributed by atoms with E-state index in [0.717, 1.165) is 0 Å². The molecule has 6 nitrogen and oxygen atoms in total. The summed E-state index contributed by atoms with van der Waals surface area (Å²) in [7, 11) is 1.52. The van der Waals surface area contributed by atoms with Crippen LogP contribution in [0.3, 0.4) is 0 Å². The van der Waals surface area contributed by atoms with E-state index in [1.165, 1.54) is 24.1 Å². The fourth-order valence-electron chi connectivity index (χ4n) is 1.68. The van der Waals surface area contributed by atoms with Crippen molar-refractivity contribution in [1.29, 1.82) is 0 Å². The third-order valence-corrected chi connectivity index (χ3v) is 2.54. The molecule has 0 aliphatic heterocycles. The van der Waals surface area contributed by atoms with Crippen molar-refractivity contribution in [3.05, 3.63) is 29.7 Å². The number of carboxylic acids is 1. The van der Waals surface area contributed by atoms with E-state index in [-0.39, 0.29) is 5.56 Å². The van der Waals surface area contributed by atoms with Crippen molar-refractivity contribution < 1.29 is 23.1 Å². The molecule has 2 rings (SSSR count). The zero-order valence-electron chi connectivity index (χ0n) is 10.1. The van der Waals surface area contributed by atoms with Gasteiger partial charge in [0, 0.05) is 18.8 Å². The summed E-state index contributed by atoms with van der Waals surface area (Å²) < 4.78 is 40.2. The summed E-state index contributed by atoms with van der Waals surface area (Å²) in [5.74, 6) is -1.50. The molecule has 0 aliphatic carbocycles. The fraction of sp³-hybridized carbons (Fsp3) is 0.182. The van der Waals surface area contributed by atoms with Gasteiger partial charge in [-0.3, -0.25) is 4.68 Å². The Labute approximate surface area is 110 Å². The van der Waals surface area contributed by atoms with E-state index in [0.29, 0.717) is 6.07 Å². The molecule has 0 saturated carbocycles. The monoisotopic (exact) mass is 286 g/mol. The third kappa shape index (κ3) is 2.42. The number of hydrogen-bond donors (Lipinski definition) is 2. The average Bonchev–Trinajstić information content (AvgIpc) is 2.73. The molecule has 0 bridgehead atoms. The topological polar surface area (TPSA) is 94.0 Å². The first-order chi connectivity index (χ1) is 9.20. The van der Waals surface area contributed by atoms with E-state index >= 15 is 0 Å². The molecule has 0 aromatic carbocycles. The molecule has 0 radical (unpaired) electrons. The van der Waals surface area contributed by atoms with Crippen molar-refractivity contribution in [2.24, 2.45) is 7.05 Å². The van der Waals surface area contributed by atoms with Crippen LogP contribution in [0.4, 0.5) is 18.9 Å². The van der Waals surface area contributed by atoms with Gasteiger partial charge in [0.1, 0.15) is 0 Å². The van der Waals surface area contributed by atoms with Crippen molar-refractivity contribution in [3.63, 3.8) is 0 Å². The lowest BCUT2D eigenvalue weighted by Crippen LogP contribution is -2.14. The van der Waals surface area contributed by atoms with Crippen LogP contribution in [-0.2, 0) is 13.2 Å². The fourth-order valence-corrected chi connectivity index (χ4v) is 1.68. The molecule has 2 aromatic heterocycles. The standard InChI is InChI=1S/C11H9F3N4O2/c1-18-4-5(3-16-18)8-6(11(12,13)14)2-7(15)9(17-8)10(19)20/h2-4H,15H2,1H3,(H,19,20). The second-order valence-corrected chi connectivity index (χ2v) is 4.03. The highest BCUT2D eigenvalue weighted by molar-refractivity contribution is 5.92. The van der Waals surface area contributed by atoms with Crippen LogP contribution in [0.1, 0.15) is 16.1 Å². The highest BCUT2D eigenvalue weighted by Gasteiger charge is 2.36. The highest BCUT2D eigenvalue weighted by Crippen LogP contribution is 2.37. The summed E-state index contributed by atoms with van der Waals surface area (Å²) in [6.45, 7) is 0. The Hall–Kier alpha value is -2.58. The van der Waals surface area contributed by atoms with E-state index in [2.05, 4.69) is 10.1 Å². The number of rotatable bonds is 2. The number of anilines is 1. The number of nitrogen functional groups attached to an aromatic ring is 1. The molecule has 0 unspecified atom stereocenters. The maximum atomic E-state index is 13.0. The molecule has 9 heteroatoms. The Morgan fingerprint density at radius 2 is 2.10 bits per heavy atom. The molecular formula is C11H9F3N4O2.